The monoisotopic (exact) mass is 249 g/mol. The van der Waals surface area contributed by atoms with E-state index in [1.54, 1.807) is 0 Å². The summed E-state index contributed by atoms with van der Waals surface area (Å²) in [6.07, 6.45) is 3.60. The summed E-state index contributed by atoms with van der Waals surface area (Å²) in [5, 5.41) is 12.9. The van der Waals surface area contributed by atoms with Crippen molar-refractivity contribution in [3.63, 3.8) is 0 Å². The van der Waals surface area contributed by atoms with Crippen LogP contribution in [0, 0.1) is 5.41 Å². The predicted molar refractivity (Wildman–Crippen MR) is 77.6 cm³/mol. The van der Waals surface area contributed by atoms with Gasteiger partial charge in [0.05, 0.1) is 0 Å². The Morgan fingerprint density at radius 1 is 1.22 bits per heavy atom. The molecule has 0 spiro atoms. The number of benzene rings is 1. The van der Waals surface area contributed by atoms with Crippen molar-refractivity contribution < 1.29 is 5.11 Å². The minimum absolute atomic E-state index is 0.0563. The van der Waals surface area contributed by atoms with Gasteiger partial charge in [-0.15, -0.1) is 0 Å². The van der Waals surface area contributed by atoms with Gasteiger partial charge < -0.3 is 10.4 Å². The summed E-state index contributed by atoms with van der Waals surface area (Å²) in [7, 11) is 0. The molecule has 0 aliphatic carbocycles. The largest absolute Gasteiger partial charge is 0.396 e. The number of aliphatic hydroxyl groups excluding tert-OH is 1. The number of rotatable bonds is 8. The molecule has 0 saturated heterocycles. The van der Waals surface area contributed by atoms with E-state index >= 15 is 0 Å². The van der Waals surface area contributed by atoms with E-state index in [1.807, 2.05) is 0 Å². The fourth-order valence-electron chi connectivity index (χ4n) is 1.94. The van der Waals surface area contributed by atoms with Crippen LogP contribution in [0.1, 0.15) is 51.6 Å². The third kappa shape index (κ3) is 5.19. The Hall–Kier alpha value is -0.860. The molecule has 2 N–H and O–H groups in total. The zero-order valence-electron chi connectivity index (χ0n) is 11.9. The molecule has 0 amide bonds. The average Bonchev–Trinajstić information content (AvgIpc) is 2.40. The standard InChI is InChI=1S/C16H27NO/c1-4-5-11-15(14-9-7-6-8-10-14)17-12-16(2,3)13-18/h6-10,15,17-18H,4-5,11-13H2,1-3H3. The van der Waals surface area contributed by atoms with E-state index in [0.29, 0.717) is 6.04 Å². The van der Waals surface area contributed by atoms with Crippen LogP contribution in [-0.2, 0) is 0 Å². The Kier molecular flexibility index (Phi) is 6.37. The summed E-state index contributed by atoms with van der Waals surface area (Å²) < 4.78 is 0. The molecule has 0 radical (unpaired) electrons. The highest BCUT2D eigenvalue weighted by molar-refractivity contribution is 5.18. The summed E-state index contributed by atoms with van der Waals surface area (Å²) >= 11 is 0. The maximum atomic E-state index is 9.31. The van der Waals surface area contributed by atoms with Crippen LogP contribution in [0.15, 0.2) is 30.3 Å². The second-order valence-corrected chi connectivity index (χ2v) is 5.81. The van der Waals surface area contributed by atoms with Gasteiger partial charge in [0, 0.05) is 24.6 Å². The van der Waals surface area contributed by atoms with Gasteiger partial charge in [-0.3, -0.25) is 0 Å². The van der Waals surface area contributed by atoms with Crippen molar-refractivity contribution in [2.75, 3.05) is 13.2 Å². The lowest BCUT2D eigenvalue weighted by Crippen LogP contribution is -2.34. The van der Waals surface area contributed by atoms with Crippen molar-refractivity contribution >= 4 is 0 Å². The van der Waals surface area contributed by atoms with Gasteiger partial charge in [-0.2, -0.15) is 0 Å². The van der Waals surface area contributed by atoms with Gasteiger partial charge in [0.2, 0.25) is 0 Å². The van der Waals surface area contributed by atoms with E-state index in [0.717, 1.165) is 13.0 Å². The molecule has 0 bridgehead atoms. The Labute approximate surface area is 111 Å². The van der Waals surface area contributed by atoms with E-state index < -0.39 is 0 Å². The smallest absolute Gasteiger partial charge is 0.0494 e. The minimum Gasteiger partial charge on any atom is -0.396 e. The third-order valence-corrected chi connectivity index (χ3v) is 3.30. The topological polar surface area (TPSA) is 32.3 Å². The minimum atomic E-state index is -0.0563. The van der Waals surface area contributed by atoms with Gasteiger partial charge in [-0.1, -0.05) is 63.9 Å². The SMILES string of the molecule is CCCCC(NCC(C)(C)CO)c1ccccc1. The van der Waals surface area contributed by atoms with Crippen LogP contribution in [0.2, 0.25) is 0 Å². The number of unbranched alkanes of at least 4 members (excludes halogenated alkanes) is 1. The lowest BCUT2D eigenvalue weighted by molar-refractivity contribution is 0.152. The summed E-state index contributed by atoms with van der Waals surface area (Å²) in [5.74, 6) is 0. The Balaban J connectivity index is 2.62. The van der Waals surface area contributed by atoms with Crippen LogP contribution in [0.5, 0.6) is 0 Å². The molecule has 0 aromatic heterocycles. The van der Waals surface area contributed by atoms with E-state index in [2.05, 4.69) is 56.4 Å². The van der Waals surface area contributed by atoms with Crippen LogP contribution in [-0.4, -0.2) is 18.3 Å². The lowest BCUT2D eigenvalue weighted by Gasteiger charge is -2.27. The summed E-state index contributed by atoms with van der Waals surface area (Å²) in [6.45, 7) is 7.45. The number of hydrogen-bond donors (Lipinski definition) is 2. The number of hydrogen-bond acceptors (Lipinski definition) is 2. The highest BCUT2D eigenvalue weighted by atomic mass is 16.3. The van der Waals surface area contributed by atoms with Crippen molar-refractivity contribution in [3.05, 3.63) is 35.9 Å². The number of nitrogens with one attached hydrogen (secondary N) is 1. The Morgan fingerprint density at radius 2 is 1.89 bits per heavy atom. The molecule has 1 aromatic carbocycles. The second kappa shape index (κ2) is 7.55. The van der Waals surface area contributed by atoms with Crippen molar-refractivity contribution in [1.29, 1.82) is 0 Å². The summed E-state index contributed by atoms with van der Waals surface area (Å²) in [6, 6.07) is 11.0. The quantitative estimate of drug-likeness (QED) is 0.739. The zero-order valence-corrected chi connectivity index (χ0v) is 11.9. The fourth-order valence-corrected chi connectivity index (χ4v) is 1.94. The highest BCUT2D eigenvalue weighted by Gasteiger charge is 2.19. The molecule has 0 aliphatic rings. The van der Waals surface area contributed by atoms with E-state index in [9.17, 15) is 5.11 Å². The molecule has 1 atom stereocenters. The van der Waals surface area contributed by atoms with Crippen molar-refractivity contribution in [1.82, 2.24) is 5.32 Å². The van der Waals surface area contributed by atoms with Gasteiger partial charge in [-0.25, -0.2) is 0 Å². The first kappa shape index (κ1) is 15.2. The van der Waals surface area contributed by atoms with Gasteiger partial charge in [0.1, 0.15) is 0 Å². The zero-order chi connectivity index (χ0) is 13.4. The van der Waals surface area contributed by atoms with Gasteiger partial charge in [0.15, 0.2) is 0 Å². The normalized spacial score (nSPS) is 13.6. The summed E-state index contributed by atoms with van der Waals surface area (Å²) in [4.78, 5) is 0. The Morgan fingerprint density at radius 3 is 2.44 bits per heavy atom. The average molecular weight is 249 g/mol. The molecule has 18 heavy (non-hydrogen) atoms. The highest BCUT2D eigenvalue weighted by Crippen LogP contribution is 2.21. The van der Waals surface area contributed by atoms with Gasteiger partial charge in [-0.05, 0) is 12.0 Å². The first-order valence-corrected chi connectivity index (χ1v) is 6.98. The third-order valence-electron chi connectivity index (χ3n) is 3.30. The first-order chi connectivity index (χ1) is 8.59. The van der Waals surface area contributed by atoms with E-state index in [4.69, 9.17) is 0 Å². The summed E-state index contributed by atoms with van der Waals surface area (Å²) in [5.41, 5.74) is 1.29. The van der Waals surface area contributed by atoms with E-state index in [-0.39, 0.29) is 12.0 Å². The molecule has 1 rings (SSSR count). The second-order valence-electron chi connectivity index (χ2n) is 5.81. The van der Waals surface area contributed by atoms with Crippen LogP contribution in [0.25, 0.3) is 0 Å². The molecule has 0 saturated carbocycles. The van der Waals surface area contributed by atoms with Gasteiger partial charge in [0.25, 0.3) is 0 Å². The first-order valence-electron chi connectivity index (χ1n) is 6.98. The van der Waals surface area contributed by atoms with Crippen molar-refractivity contribution in [3.8, 4) is 0 Å². The molecule has 2 nitrogen and oxygen atoms in total. The molecule has 0 heterocycles. The molecule has 0 fully saturated rings. The maximum Gasteiger partial charge on any atom is 0.0494 e. The van der Waals surface area contributed by atoms with Gasteiger partial charge >= 0.3 is 0 Å². The molecule has 2 heteroatoms. The molecule has 1 unspecified atom stereocenters. The molecule has 102 valence electrons. The van der Waals surface area contributed by atoms with Crippen LogP contribution >= 0.6 is 0 Å². The van der Waals surface area contributed by atoms with Crippen molar-refractivity contribution in [2.24, 2.45) is 5.41 Å². The molecular weight excluding hydrogens is 222 g/mol. The lowest BCUT2D eigenvalue weighted by atomic mass is 9.93. The fraction of sp³-hybridized carbons (Fsp3) is 0.625. The predicted octanol–water partition coefficient (Wildman–Crippen LogP) is 3.53. The van der Waals surface area contributed by atoms with Crippen LogP contribution in [0.3, 0.4) is 0 Å². The maximum absolute atomic E-state index is 9.31. The molecule has 1 aromatic rings. The molecule has 0 aliphatic heterocycles. The van der Waals surface area contributed by atoms with E-state index in [1.165, 1.54) is 18.4 Å². The van der Waals surface area contributed by atoms with Crippen LogP contribution < -0.4 is 5.32 Å². The number of aliphatic hydroxyl groups is 1. The Bertz CT molecular complexity index is 321. The van der Waals surface area contributed by atoms with Crippen molar-refractivity contribution in [2.45, 2.75) is 46.1 Å². The molecular formula is C16H27NO. The van der Waals surface area contributed by atoms with Crippen LogP contribution in [0.4, 0.5) is 0 Å².